The van der Waals surface area contributed by atoms with Gasteiger partial charge in [0.1, 0.15) is 0 Å². The van der Waals surface area contributed by atoms with E-state index in [1.807, 2.05) is 29.2 Å². The lowest BCUT2D eigenvalue weighted by Crippen LogP contribution is -2.05. The highest BCUT2D eigenvalue weighted by Crippen LogP contribution is 2.27. The Kier molecular flexibility index (Phi) is 3.86. The molecule has 1 N–H and O–H groups in total. The molecule has 1 atom stereocenters. The summed E-state index contributed by atoms with van der Waals surface area (Å²) in [4.78, 5) is 0.897. The molecule has 5 heteroatoms. The highest BCUT2D eigenvalue weighted by Gasteiger charge is 2.14. The Morgan fingerprint density at radius 3 is 2.82 bits per heavy atom. The van der Waals surface area contributed by atoms with Gasteiger partial charge in [-0.05, 0) is 18.6 Å². The van der Waals surface area contributed by atoms with Crippen molar-refractivity contribution in [1.29, 1.82) is 0 Å². The van der Waals surface area contributed by atoms with Gasteiger partial charge >= 0.3 is 0 Å². The second-order valence-corrected chi connectivity index (χ2v) is 5.37. The molecular weight excluding hydrogens is 256 g/mol. The first kappa shape index (κ1) is 12.6. The van der Waals surface area contributed by atoms with Crippen LogP contribution in [0.2, 0.25) is 5.02 Å². The number of aliphatic hydroxyl groups excluding tert-OH is 1. The first-order chi connectivity index (χ1) is 8.10. The van der Waals surface area contributed by atoms with Crippen LogP contribution in [-0.2, 0) is 19.9 Å². The molecule has 0 bridgehead atoms. The molecule has 0 aliphatic heterocycles. The molecule has 2 aromatic heterocycles. The molecule has 0 aliphatic carbocycles. The van der Waals surface area contributed by atoms with Gasteiger partial charge in [0, 0.05) is 29.4 Å². The van der Waals surface area contributed by atoms with Gasteiger partial charge in [-0.15, -0.1) is 11.3 Å². The summed E-state index contributed by atoms with van der Waals surface area (Å²) in [6.07, 6.45) is 0.974. The van der Waals surface area contributed by atoms with E-state index in [-0.39, 0.29) is 0 Å². The quantitative estimate of drug-likeness (QED) is 0.928. The third-order valence-electron chi connectivity index (χ3n) is 2.71. The lowest BCUT2D eigenvalue weighted by Gasteiger charge is -2.08. The molecule has 0 radical (unpaired) electrons. The van der Waals surface area contributed by atoms with E-state index in [1.165, 1.54) is 11.3 Å². The van der Waals surface area contributed by atoms with Gasteiger partial charge in [-0.2, -0.15) is 5.10 Å². The third-order valence-corrected chi connectivity index (χ3v) is 4.09. The number of nitrogens with zero attached hydrogens (tertiary/aromatic N) is 2. The van der Waals surface area contributed by atoms with E-state index >= 15 is 0 Å². The van der Waals surface area contributed by atoms with Gasteiger partial charge in [0.2, 0.25) is 0 Å². The lowest BCUT2D eigenvalue weighted by atomic mass is 10.1. The monoisotopic (exact) mass is 270 g/mol. The maximum absolute atomic E-state index is 10.1. The summed E-state index contributed by atoms with van der Waals surface area (Å²) in [5.74, 6) is 0. The Bertz CT molecular complexity index is 506. The molecule has 2 aromatic rings. The van der Waals surface area contributed by atoms with E-state index in [4.69, 9.17) is 11.6 Å². The Hall–Kier alpha value is -0.840. The number of aliphatic hydroxyl groups is 1. The van der Waals surface area contributed by atoms with Gasteiger partial charge in [-0.1, -0.05) is 18.5 Å². The molecule has 1 unspecified atom stereocenters. The minimum absolute atomic E-state index is 0.507. The minimum Gasteiger partial charge on any atom is -0.387 e. The number of thiophene rings is 1. The zero-order valence-corrected chi connectivity index (χ0v) is 11.4. The molecule has 0 saturated carbocycles. The van der Waals surface area contributed by atoms with Crippen LogP contribution in [0.25, 0.3) is 0 Å². The molecule has 0 aromatic carbocycles. The molecule has 92 valence electrons. The summed E-state index contributed by atoms with van der Waals surface area (Å²) < 4.78 is 1.83. The molecule has 17 heavy (non-hydrogen) atoms. The molecule has 0 fully saturated rings. The molecule has 0 spiro atoms. The van der Waals surface area contributed by atoms with Crippen LogP contribution in [0.5, 0.6) is 0 Å². The van der Waals surface area contributed by atoms with Gasteiger partial charge in [-0.25, -0.2) is 0 Å². The molecule has 0 amide bonds. The third kappa shape index (κ3) is 2.89. The highest BCUT2D eigenvalue weighted by molar-refractivity contribution is 7.10. The summed E-state index contributed by atoms with van der Waals surface area (Å²) in [6.45, 7) is 2.07. The molecule has 0 aliphatic rings. The second-order valence-electron chi connectivity index (χ2n) is 3.99. The molecule has 0 saturated heterocycles. The number of hydrogen-bond donors (Lipinski definition) is 1. The Balaban J connectivity index is 2.12. The van der Waals surface area contributed by atoms with Crippen molar-refractivity contribution in [3.8, 4) is 0 Å². The van der Waals surface area contributed by atoms with Gasteiger partial charge in [0.15, 0.2) is 0 Å². The maximum atomic E-state index is 10.1. The van der Waals surface area contributed by atoms with Crippen LogP contribution < -0.4 is 0 Å². The molecular formula is C12H15ClN2OS. The lowest BCUT2D eigenvalue weighted by molar-refractivity contribution is 0.179. The fourth-order valence-corrected chi connectivity index (χ4v) is 2.81. The Labute approximate surface area is 110 Å². The minimum atomic E-state index is -0.507. The second kappa shape index (κ2) is 5.21. The van der Waals surface area contributed by atoms with E-state index in [0.717, 1.165) is 22.7 Å². The summed E-state index contributed by atoms with van der Waals surface area (Å²) >= 11 is 7.33. The van der Waals surface area contributed by atoms with E-state index < -0.39 is 6.10 Å². The summed E-state index contributed by atoms with van der Waals surface area (Å²) in [5.41, 5.74) is 2.10. The van der Waals surface area contributed by atoms with E-state index in [1.54, 1.807) is 0 Å². The fourth-order valence-electron chi connectivity index (χ4n) is 1.74. The molecule has 2 rings (SSSR count). The number of halogens is 1. The smallest absolute Gasteiger partial charge is 0.0937 e. The molecule has 3 nitrogen and oxygen atoms in total. The average molecular weight is 271 g/mol. The highest BCUT2D eigenvalue weighted by atomic mass is 35.5. The van der Waals surface area contributed by atoms with Crippen LogP contribution in [0.3, 0.4) is 0 Å². The van der Waals surface area contributed by atoms with Crippen molar-refractivity contribution in [3.05, 3.63) is 38.8 Å². The predicted molar refractivity (Wildman–Crippen MR) is 70.6 cm³/mol. The van der Waals surface area contributed by atoms with E-state index in [9.17, 15) is 5.11 Å². The average Bonchev–Trinajstić information content (AvgIpc) is 2.86. The first-order valence-corrected chi connectivity index (χ1v) is 6.79. The van der Waals surface area contributed by atoms with Crippen LogP contribution >= 0.6 is 22.9 Å². The van der Waals surface area contributed by atoms with Crippen molar-refractivity contribution in [2.45, 2.75) is 25.9 Å². The SMILES string of the molecule is CCc1cc(CC(O)c2cc(Cl)cs2)n(C)n1. The van der Waals surface area contributed by atoms with Crippen LogP contribution in [0, 0.1) is 0 Å². The largest absolute Gasteiger partial charge is 0.387 e. The summed E-state index contributed by atoms with van der Waals surface area (Å²) in [7, 11) is 1.91. The van der Waals surface area contributed by atoms with Crippen LogP contribution in [0.1, 0.15) is 29.3 Å². The first-order valence-electron chi connectivity index (χ1n) is 5.54. The van der Waals surface area contributed by atoms with Crippen LogP contribution in [0.4, 0.5) is 0 Å². The number of aromatic nitrogens is 2. The summed E-state index contributed by atoms with van der Waals surface area (Å²) in [5, 5.41) is 17.0. The van der Waals surface area contributed by atoms with Crippen molar-refractivity contribution < 1.29 is 5.11 Å². The van der Waals surface area contributed by atoms with Gasteiger partial charge in [0.05, 0.1) is 16.8 Å². The standard InChI is InChI=1S/C12H15ClN2OS/c1-3-9-5-10(15(2)14-9)6-11(16)12-4-8(13)7-17-12/h4-5,7,11,16H,3,6H2,1-2H3. The van der Waals surface area contributed by atoms with Crippen molar-refractivity contribution in [1.82, 2.24) is 9.78 Å². The predicted octanol–water partition coefficient (Wildman–Crippen LogP) is 2.97. The topological polar surface area (TPSA) is 38.0 Å². The van der Waals surface area contributed by atoms with Crippen LogP contribution in [-0.4, -0.2) is 14.9 Å². The van der Waals surface area contributed by atoms with Crippen molar-refractivity contribution in [3.63, 3.8) is 0 Å². The van der Waals surface area contributed by atoms with Crippen molar-refractivity contribution in [2.75, 3.05) is 0 Å². The number of rotatable bonds is 4. The van der Waals surface area contributed by atoms with Crippen molar-refractivity contribution >= 4 is 22.9 Å². The zero-order chi connectivity index (χ0) is 12.4. The van der Waals surface area contributed by atoms with Gasteiger partial charge in [-0.3, -0.25) is 4.68 Å². The maximum Gasteiger partial charge on any atom is 0.0937 e. The van der Waals surface area contributed by atoms with Crippen LogP contribution in [0.15, 0.2) is 17.5 Å². The Morgan fingerprint density at radius 2 is 2.29 bits per heavy atom. The molecule has 2 heterocycles. The Morgan fingerprint density at radius 1 is 1.53 bits per heavy atom. The zero-order valence-electron chi connectivity index (χ0n) is 9.85. The normalized spacial score (nSPS) is 12.9. The van der Waals surface area contributed by atoms with Gasteiger partial charge < -0.3 is 5.11 Å². The number of aryl methyl sites for hydroxylation is 2. The van der Waals surface area contributed by atoms with Crippen molar-refractivity contribution in [2.24, 2.45) is 7.05 Å². The van der Waals surface area contributed by atoms with E-state index in [0.29, 0.717) is 11.4 Å². The van der Waals surface area contributed by atoms with E-state index in [2.05, 4.69) is 12.0 Å². The number of hydrogen-bond acceptors (Lipinski definition) is 3. The van der Waals surface area contributed by atoms with Gasteiger partial charge in [0.25, 0.3) is 0 Å². The fraction of sp³-hybridized carbons (Fsp3) is 0.417. The summed E-state index contributed by atoms with van der Waals surface area (Å²) in [6, 6.07) is 3.85.